The van der Waals surface area contributed by atoms with Crippen molar-refractivity contribution in [3.05, 3.63) is 66.2 Å². The van der Waals surface area contributed by atoms with E-state index in [-0.39, 0.29) is 0 Å². The highest BCUT2D eigenvalue weighted by molar-refractivity contribution is 5.98. The fourth-order valence-corrected chi connectivity index (χ4v) is 1.35. The summed E-state index contributed by atoms with van der Waals surface area (Å²) < 4.78 is 0. The van der Waals surface area contributed by atoms with E-state index in [1.165, 1.54) is 0 Å². The summed E-state index contributed by atoms with van der Waals surface area (Å²) in [6.07, 6.45) is 0. The van der Waals surface area contributed by atoms with E-state index in [4.69, 9.17) is 5.84 Å². The second-order valence-corrected chi connectivity index (χ2v) is 3.35. The van der Waals surface area contributed by atoms with E-state index in [9.17, 15) is 0 Å². The molecule has 0 atom stereocenters. The monoisotopic (exact) mass is 224 g/mol. The Labute approximate surface area is 99.5 Å². The average Bonchev–Trinajstić information content (AvgIpc) is 2.42. The number of nitrogens with two attached hydrogens (primary N) is 1. The van der Waals surface area contributed by atoms with Crippen LogP contribution in [0.1, 0.15) is 5.56 Å². The number of hydrogen-bond donors (Lipinski definition) is 1. The van der Waals surface area contributed by atoms with Crippen molar-refractivity contribution in [2.24, 2.45) is 21.2 Å². The van der Waals surface area contributed by atoms with Gasteiger partial charge < -0.3 is 5.84 Å². The summed E-state index contributed by atoms with van der Waals surface area (Å²) in [5.41, 5.74) is 1.61. The predicted octanol–water partition coefficient (Wildman–Crippen LogP) is 3.09. The molecule has 0 aliphatic rings. The van der Waals surface area contributed by atoms with Gasteiger partial charge in [-0.05, 0) is 12.1 Å². The van der Waals surface area contributed by atoms with Gasteiger partial charge in [-0.1, -0.05) is 48.5 Å². The van der Waals surface area contributed by atoms with Crippen LogP contribution in [0.15, 0.2) is 76.0 Å². The molecule has 0 bridgehead atoms. The number of hydrazone groups is 1. The first-order chi connectivity index (χ1) is 8.40. The lowest BCUT2D eigenvalue weighted by atomic mass is 10.2. The lowest BCUT2D eigenvalue weighted by Gasteiger charge is -1.97. The third kappa shape index (κ3) is 2.98. The van der Waals surface area contributed by atoms with Crippen LogP contribution in [0.2, 0.25) is 0 Å². The van der Waals surface area contributed by atoms with Gasteiger partial charge in [0, 0.05) is 5.56 Å². The van der Waals surface area contributed by atoms with Gasteiger partial charge in [-0.25, -0.2) is 0 Å². The van der Waals surface area contributed by atoms with Crippen LogP contribution in [0, 0.1) is 0 Å². The molecule has 84 valence electrons. The highest BCUT2D eigenvalue weighted by atomic mass is 15.2. The molecule has 2 rings (SSSR count). The minimum Gasteiger partial charge on any atom is -0.321 e. The lowest BCUT2D eigenvalue weighted by Crippen LogP contribution is -1.99. The highest BCUT2D eigenvalue weighted by Crippen LogP contribution is 2.11. The zero-order chi connectivity index (χ0) is 11.9. The summed E-state index contributed by atoms with van der Waals surface area (Å²) in [5.74, 6) is 5.71. The topological polar surface area (TPSA) is 63.1 Å². The molecule has 0 aliphatic heterocycles. The normalized spacial score (nSPS) is 11.9. The van der Waals surface area contributed by atoms with Gasteiger partial charge in [-0.2, -0.15) is 5.10 Å². The maximum atomic E-state index is 5.30. The summed E-state index contributed by atoms with van der Waals surface area (Å²) in [7, 11) is 0. The Morgan fingerprint density at radius 3 is 2.00 bits per heavy atom. The Morgan fingerprint density at radius 1 is 0.824 bits per heavy atom. The van der Waals surface area contributed by atoms with E-state index in [1.54, 1.807) is 0 Å². The van der Waals surface area contributed by atoms with Crippen molar-refractivity contribution < 1.29 is 0 Å². The third-order valence-electron chi connectivity index (χ3n) is 2.17. The van der Waals surface area contributed by atoms with Gasteiger partial charge in [-0.3, -0.25) is 0 Å². The minimum atomic E-state index is 0.412. The highest BCUT2D eigenvalue weighted by Gasteiger charge is 1.99. The molecule has 0 saturated carbocycles. The summed E-state index contributed by atoms with van der Waals surface area (Å²) in [4.78, 5) is 0. The number of nitrogens with zero attached hydrogens (tertiary/aromatic N) is 3. The van der Waals surface area contributed by atoms with Crippen molar-refractivity contribution in [1.29, 1.82) is 0 Å². The first-order valence-electron chi connectivity index (χ1n) is 5.20. The summed E-state index contributed by atoms with van der Waals surface area (Å²) in [5, 5.41) is 11.7. The first kappa shape index (κ1) is 11.0. The molecule has 0 aromatic heterocycles. The van der Waals surface area contributed by atoms with Crippen LogP contribution >= 0.6 is 0 Å². The van der Waals surface area contributed by atoms with E-state index >= 15 is 0 Å². The van der Waals surface area contributed by atoms with Crippen LogP contribution in [0.4, 0.5) is 5.69 Å². The van der Waals surface area contributed by atoms with Crippen molar-refractivity contribution in [2.75, 3.05) is 0 Å². The molecule has 2 aromatic rings. The van der Waals surface area contributed by atoms with Crippen LogP contribution in [0.3, 0.4) is 0 Å². The molecule has 2 aromatic carbocycles. The van der Waals surface area contributed by atoms with Crippen LogP contribution in [-0.2, 0) is 0 Å². The van der Waals surface area contributed by atoms with Crippen molar-refractivity contribution in [1.82, 2.24) is 0 Å². The van der Waals surface area contributed by atoms with E-state index in [0.29, 0.717) is 5.84 Å². The minimum absolute atomic E-state index is 0.412. The molecular weight excluding hydrogens is 212 g/mol. The second kappa shape index (κ2) is 5.55. The molecule has 4 nitrogen and oxygen atoms in total. The zero-order valence-corrected chi connectivity index (χ0v) is 9.19. The van der Waals surface area contributed by atoms with Crippen molar-refractivity contribution in [3.63, 3.8) is 0 Å². The lowest BCUT2D eigenvalue weighted by molar-refractivity contribution is 1.18. The fourth-order valence-electron chi connectivity index (χ4n) is 1.35. The Kier molecular flexibility index (Phi) is 3.60. The Hall–Kier alpha value is -2.49. The molecule has 2 N–H and O–H groups in total. The van der Waals surface area contributed by atoms with E-state index in [1.807, 2.05) is 60.7 Å². The third-order valence-corrected chi connectivity index (χ3v) is 2.17. The summed E-state index contributed by atoms with van der Waals surface area (Å²) in [6, 6.07) is 18.9. The second-order valence-electron chi connectivity index (χ2n) is 3.35. The SMILES string of the molecule is NN=C(N=Nc1ccccc1)c1ccccc1. The fraction of sp³-hybridized carbons (Fsp3) is 0. The predicted molar refractivity (Wildman–Crippen MR) is 68.1 cm³/mol. The Morgan fingerprint density at radius 2 is 1.41 bits per heavy atom. The molecular formula is C13H12N4. The molecule has 0 heterocycles. The van der Waals surface area contributed by atoms with Crippen molar-refractivity contribution in [2.45, 2.75) is 0 Å². The number of amidine groups is 1. The summed E-state index contributed by atoms with van der Waals surface area (Å²) in [6.45, 7) is 0. The van der Waals surface area contributed by atoms with E-state index in [2.05, 4.69) is 15.3 Å². The Bertz CT molecular complexity index is 518. The number of azo groups is 1. The number of hydrogen-bond acceptors (Lipinski definition) is 3. The quantitative estimate of drug-likeness (QED) is 0.275. The van der Waals surface area contributed by atoms with Gasteiger partial charge >= 0.3 is 0 Å². The molecule has 0 amide bonds. The van der Waals surface area contributed by atoms with Gasteiger partial charge in [0.2, 0.25) is 0 Å². The largest absolute Gasteiger partial charge is 0.321 e. The maximum absolute atomic E-state index is 5.30. The van der Waals surface area contributed by atoms with Crippen molar-refractivity contribution >= 4 is 11.5 Å². The molecule has 0 spiro atoms. The molecule has 0 aliphatic carbocycles. The molecule has 17 heavy (non-hydrogen) atoms. The Balaban J connectivity index is 2.20. The standard InChI is InChI=1S/C13H12N4/c14-15-13(11-7-3-1-4-8-11)17-16-12-9-5-2-6-10-12/h1-10H,14H2. The number of rotatable bonds is 2. The van der Waals surface area contributed by atoms with E-state index in [0.717, 1.165) is 11.3 Å². The van der Waals surface area contributed by atoms with E-state index < -0.39 is 0 Å². The zero-order valence-electron chi connectivity index (χ0n) is 9.19. The van der Waals surface area contributed by atoms with Gasteiger partial charge in [0.05, 0.1) is 5.69 Å². The molecule has 0 fully saturated rings. The first-order valence-corrected chi connectivity index (χ1v) is 5.20. The average molecular weight is 224 g/mol. The van der Waals surface area contributed by atoms with Gasteiger partial charge in [0.25, 0.3) is 0 Å². The number of benzene rings is 2. The van der Waals surface area contributed by atoms with Crippen molar-refractivity contribution in [3.8, 4) is 0 Å². The maximum Gasteiger partial charge on any atom is 0.200 e. The van der Waals surface area contributed by atoms with Gasteiger partial charge in [0.1, 0.15) is 0 Å². The van der Waals surface area contributed by atoms with Crippen LogP contribution in [-0.4, -0.2) is 5.84 Å². The van der Waals surface area contributed by atoms with Gasteiger partial charge in [-0.15, -0.1) is 10.2 Å². The molecule has 0 saturated heterocycles. The van der Waals surface area contributed by atoms with Gasteiger partial charge in [0.15, 0.2) is 5.84 Å². The smallest absolute Gasteiger partial charge is 0.200 e. The summed E-state index contributed by atoms with van der Waals surface area (Å²) >= 11 is 0. The van der Waals surface area contributed by atoms with Crippen LogP contribution < -0.4 is 5.84 Å². The molecule has 4 heteroatoms. The van der Waals surface area contributed by atoms with Crippen LogP contribution in [0.25, 0.3) is 0 Å². The van der Waals surface area contributed by atoms with Crippen LogP contribution in [0.5, 0.6) is 0 Å². The molecule has 0 radical (unpaired) electrons. The molecule has 0 unspecified atom stereocenters.